The lowest BCUT2D eigenvalue weighted by Gasteiger charge is -2.25. The van der Waals surface area contributed by atoms with Gasteiger partial charge in [-0.05, 0) is 84.9 Å². The van der Waals surface area contributed by atoms with Crippen molar-refractivity contribution in [2.24, 2.45) is 23.7 Å². The maximum atomic E-state index is 13.1. The number of ether oxygens (including phenoxy) is 1. The summed E-state index contributed by atoms with van der Waals surface area (Å²) in [7, 11) is 0. The summed E-state index contributed by atoms with van der Waals surface area (Å²) >= 11 is 0. The average Bonchev–Trinajstić information content (AvgIpc) is 3.47. The van der Waals surface area contributed by atoms with Gasteiger partial charge in [0.15, 0.2) is 5.76 Å². The first-order chi connectivity index (χ1) is 20.2. The molecule has 0 saturated heterocycles. The van der Waals surface area contributed by atoms with E-state index in [0.29, 0.717) is 31.4 Å². The van der Waals surface area contributed by atoms with Crippen molar-refractivity contribution in [1.29, 1.82) is 0 Å². The number of furan rings is 1. The molecular weight excluding hydrogens is 518 g/mol. The smallest absolute Gasteiger partial charge is 0.289 e. The molecule has 1 aromatic heterocycles. The van der Waals surface area contributed by atoms with E-state index in [1.807, 2.05) is 30.0 Å². The van der Waals surface area contributed by atoms with Crippen molar-refractivity contribution in [2.45, 2.75) is 54.4 Å². The minimum Gasteiger partial charge on any atom is -0.493 e. The highest BCUT2D eigenvalue weighted by Crippen LogP contribution is 2.38. The maximum absolute atomic E-state index is 13.1. The van der Waals surface area contributed by atoms with Gasteiger partial charge in [-0.1, -0.05) is 89.0 Å². The summed E-state index contributed by atoms with van der Waals surface area (Å²) in [5.74, 6) is 8.76. The van der Waals surface area contributed by atoms with Crippen LogP contribution in [0.2, 0.25) is 0 Å². The zero-order valence-electron chi connectivity index (χ0n) is 26.3. The van der Waals surface area contributed by atoms with Crippen LogP contribution in [0, 0.1) is 35.5 Å². The average molecular weight is 566 g/mol. The third-order valence-corrected chi connectivity index (χ3v) is 8.19. The quantitative estimate of drug-likeness (QED) is 0.155. The Hall–Kier alpha value is -3.97. The van der Waals surface area contributed by atoms with Crippen molar-refractivity contribution in [3.8, 4) is 17.6 Å². The number of amides is 1. The van der Waals surface area contributed by atoms with E-state index >= 15 is 0 Å². The third-order valence-electron chi connectivity index (χ3n) is 8.19. The van der Waals surface area contributed by atoms with Gasteiger partial charge in [-0.25, -0.2) is 0 Å². The first-order valence-electron chi connectivity index (χ1n) is 15.1. The van der Waals surface area contributed by atoms with Crippen molar-refractivity contribution in [2.75, 3.05) is 19.7 Å². The fourth-order valence-electron chi connectivity index (χ4n) is 5.29. The van der Waals surface area contributed by atoms with Gasteiger partial charge in [-0.2, -0.15) is 0 Å². The SMILES string of the molecule is C=CC#CC(C=C(c1ccccc1OCC)C(C)C(C)C)=C(CC1=CCCN(C(=O)c2ccco2)CC1C)C(C)C=C. The van der Waals surface area contributed by atoms with E-state index in [9.17, 15) is 4.79 Å². The molecule has 3 rings (SSSR count). The van der Waals surface area contributed by atoms with Crippen molar-refractivity contribution in [3.05, 3.63) is 108 Å². The van der Waals surface area contributed by atoms with Gasteiger partial charge in [0.05, 0.1) is 12.9 Å². The van der Waals surface area contributed by atoms with E-state index in [1.165, 1.54) is 16.7 Å². The zero-order chi connectivity index (χ0) is 30.6. The lowest BCUT2D eigenvalue weighted by molar-refractivity contribution is 0.0715. The van der Waals surface area contributed by atoms with E-state index in [-0.39, 0.29) is 23.7 Å². The van der Waals surface area contributed by atoms with Crippen molar-refractivity contribution < 1.29 is 13.9 Å². The van der Waals surface area contributed by atoms with Gasteiger partial charge in [0.2, 0.25) is 0 Å². The molecule has 4 heteroatoms. The van der Waals surface area contributed by atoms with Crippen LogP contribution >= 0.6 is 0 Å². The van der Waals surface area contributed by atoms with E-state index in [2.05, 4.69) is 83.9 Å². The summed E-state index contributed by atoms with van der Waals surface area (Å²) in [6.45, 7) is 23.1. The number of rotatable bonds is 11. The minimum atomic E-state index is -0.0579. The molecule has 0 radical (unpaired) electrons. The van der Waals surface area contributed by atoms with Crippen LogP contribution in [0.3, 0.4) is 0 Å². The van der Waals surface area contributed by atoms with Crippen LogP contribution in [0.25, 0.3) is 5.57 Å². The molecule has 222 valence electrons. The Morgan fingerprint density at radius 2 is 1.93 bits per heavy atom. The van der Waals surface area contributed by atoms with Crippen LogP contribution in [0.15, 0.2) is 101 Å². The van der Waals surface area contributed by atoms with Crippen molar-refractivity contribution in [3.63, 3.8) is 0 Å². The summed E-state index contributed by atoms with van der Waals surface area (Å²) < 4.78 is 11.5. The number of nitrogens with zero attached hydrogens (tertiary/aromatic N) is 1. The first kappa shape index (κ1) is 32.5. The maximum Gasteiger partial charge on any atom is 0.289 e. The minimum absolute atomic E-state index is 0.0579. The van der Waals surface area contributed by atoms with Crippen LogP contribution in [0.5, 0.6) is 5.75 Å². The standard InChI is InChI=1S/C38H47NO3/c1-9-12-17-32(25-35(30(8)27(4)5)33-19-13-14-20-36(33)41-11-3)34(28(6)10-2)24-31-18-15-22-39(26-29(31)7)38(40)37-21-16-23-42-37/h9-10,13-14,16,18-21,23,25,27-30H,1-2,11,15,22,24,26H2,3-8H3. The Morgan fingerprint density at radius 3 is 2.57 bits per heavy atom. The van der Waals surface area contributed by atoms with Gasteiger partial charge in [0.25, 0.3) is 5.91 Å². The normalized spacial score (nSPS) is 17.7. The number of benzene rings is 1. The molecule has 1 aliphatic heterocycles. The molecule has 0 N–H and O–H groups in total. The van der Waals surface area contributed by atoms with Gasteiger partial charge in [0.1, 0.15) is 5.75 Å². The molecule has 3 atom stereocenters. The summed E-state index contributed by atoms with van der Waals surface area (Å²) in [4.78, 5) is 15.0. The summed E-state index contributed by atoms with van der Waals surface area (Å²) in [6.07, 6.45) is 11.3. The zero-order valence-corrected chi connectivity index (χ0v) is 26.3. The molecule has 2 aromatic rings. The number of carbonyl (C=O) groups excluding carboxylic acids is 1. The highest BCUT2D eigenvalue weighted by Gasteiger charge is 2.26. The largest absolute Gasteiger partial charge is 0.493 e. The fourth-order valence-corrected chi connectivity index (χ4v) is 5.29. The van der Waals surface area contributed by atoms with Crippen molar-refractivity contribution >= 4 is 11.5 Å². The van der Waals surface area contributed by atoms with Crippen LogP contribution in [-0.4, -0.2) is 30.5 Å². The highest BCUT2D eigenvalue weighted by atomic mass is 16.5. The molecule has 42 heavy (non-hydrogen) atoms. The van der Waals surface area contributed by atoms with Gasteiger partial charge in [-0.3, -0.25) is 4.79 Å². The monoisotopic (exact) mass is 565 g/mol. The molecule has 3 unspecified atom stereocenters. The second-order valence-electron chi connectivity index (χ2n) is 11.4. The van der Waals surface area contributed by atoms with Gasteiger partial charge >= 0.3 is 0 Å². The molecule has 1 amide bonds. The van der Waals surface area contributed by atoms with E-state index in [1.54, 1.807) is 24.5 Å². The predicted molar refractivity (Wildman–Crippen MR) is 175 cm³/mol. The molecular formula is C38H47NO3. The number of hydrogen-bond donors (Lipinski definition) is 0. The molecule has 0 saturated carbocycles. The number of carbonyl (C=O) groups is 1. The topological polar surface area (TPSA) is 42.7 Å². The van der Waals surface area contributed by atoms with Crippen molar-refractivity contribution in [1.82, 2.24) is 4.90 Å². The Bertz CT molecular complexity index is 1380. The Morgan fingerprint density at radius 1 is 1.17 bits per heavy atom. The van der Waals surface area contributed by atoms with Gasteiger partial charge < -0.3 is 14.1 Å². The van der Waals surface area contributed by atoms with Crippen LogP contribution in [0.1, 0.15) is 70.5 Å². The summed E-state index contributed by atoms with van der Waals surface area (Å²) in [5.41, 5.74) is 5.81. The third kappa shape index (κ3) is 8.29. The molecule has 0 spiro atoms. The Labute approximate surface area is 253 Å². The van der Waals surface area contributed by atoms with Crippen LogP contribution < -0.4 is 4.74 Å². The molecule has 1 aromatic carbocycles. The second kappa shape index (κ2) is 15.9. The summed E-state index contributed by atoms with van der Waals surface area (Å²) in [5, 5.41) is 0. The fraction of sp³-hybridized carbons (Fsp3) is 0.395. The molecule has 1 aliphatic rings. The predicted octanol–water partition coefficient (Wildman–Crippen LogP) is 9.16. The number of hydrogen-bond acceptors (Lipinski definition) is 3. The van der Waals surface area contributed by atoms with Crippen LogP contribution in [0.4, 0.5) is 0 Å². The molecule has 2 heterocycles. The molecule has 4 nitrogen and oxygen atoms in total. The lowest BCUT2D eigenvalue weighted by Crippen LogP contribution is -2.34. The first-order valence-corrected chi connectivity index (χ1v) is 15.1. The van der Waals surface area contributed by atoms with E-state index in [0.717, 1.165) is 29.7 Å². The molecule has 0 bridgehead atoms. The highest BCUT2D eigenvalue weighted by molar-refractivity contribution is 5.91. The second-order valence-corrected chi connectivity index (χ2v) is 11.4. The number of allylic oxidation sites excluding steroid dienone is 6. The molecule has 0 fully saturated rings. The Kier molecular flexibility index (Phi) is 12.3. The van der Waals surface area contributed by atoms with Gasteiger partial charge in [-0.15, -0.1) is 6.58 Å². The number of para-hydroxylation sites is 1. The van der Waals surface area contributed by atoms with Gasteiger partial charge in [0, 0.05) is 24.2 Å². The lowest BCUT2D eigenvalue weighted by atomic mass is 9.81. The van der Waals surface area contributed by atoms with E-state index < -0.39 is 0 Å². The van der Waals surface area contributed by atoms with Crippen LogP contribution in [-0.2, 0) is 0 Å². The Balaban J connectivity index is 2.11. The molecule has 0 aliphatic carbocycles. The summed E-state index contributed by atoms with van der Waals surface area (Å²) in [6, 6.07) is 11.8. The van der Waals surface area contributed by atoms with E-state index in [4.69, 9.17) is 9.15 Å².